The Morgan fingerprint density at radius 1 is 0.923 bits per heavy atom. The molecule has 0 bridgehead atoms. The predicted molar refractivity (Wildman–Crippen MR) is 95.2 cm³/mol. The summed E-state index contributed by atoms with van der Waals surface area (Å²) in [6, 6.07) is 14.8. The molecule has 0 aliphatic carbocycles. The van der Waals surface area contributed by atoms with E-state index in [9.17, 15) is 14.4 Å². The summed E-state index contributed by atoms with van der Waals surface area (Å²) in [6.07, 6.45) is 0. The lowest BCUT2D eigenvalue weighted by atomic mass is 10.0. The smallest absolute Gasteiger partial charge is 0.321 e. The number of hydrogen-bond donors (Lipinski definition) is 2. The molecular formula is C19H20N2O5. The fourth-order valence-electron chi connectivity index (χ4n) is 2.08. The second kappa shape index (κ2) is 9.95. The van der Waals surface area contributed by atoms with Gasteiger partial charge in [-0.15, -0.1) is 0 Å². The van der Waals surface area contributed by atoms with Crippen LogP contribution in [0.25, 0.3) is 0 Å². The zero-order chi connectivity index (χ0) is 18.8. The maximum Gasteiger partial charge on any atom is 0.321 e. The summed E-state index contributed by atoms with van der Waals surface area (Å²) in [4.78, 5) is 35.3. The summed E-state index contributed by atoms with van der Waals surface area (Å²) in [6.45, 7) is 0.337. The highest BCUT2D eigenvalue weighted by Gasteiger charge is 2.10. The van der Waals surface area contributed by atoms with Crippen LogP contribution in [-0.4, -0.2) is 44.6 Å². The lowest BCUT2D eigenvalue weighted by Gasteiger charge is -2.08. The van der Waals surface area contributed by atoms with E-state index in [0.717, 1.165) is 0 Å². The van der Waals surface area contributed by atoms with Crippen LogP contribution in [0.4, 0.5) is 4.79 Å². The van der Waals surface area contributed by atoms with Crippen LogP contribution in [0.15, 0.2) is 54.6 Å². The molecule has 2 aromatic carbocycles. The average Bonchev–Trinajstić information content (AvgIpc) is 2.67. The van der Waals surface area contributed by atoms with Crippen molar-refractivity contribution in [2.75, 3.05) is 26.9 Å². The molecule has 0 unspecified atom stereocenters. The van der Waals surface area contributed by atoms with Crippen LogP contribution in [0.3, 0.4) is 0 Å². The summed E-state index contributed by atoms with van der Waals surface area (Å²) < 4.78 is 10.1. The number of carbonyl (C=O) groups is 3. The van der Waals surface area contributed by atoms with Gasteiger partial charge in [0.2, 0.25) is 0 Å². The Bertz CT molecular complexity index is 744. The Kier molecular flexibility index (Phi) is 7.32. The minimum atomic E-state index is -0.612. The Labute approximate surface area is 151 Å². The van der Waals surface area contributed by atoms with E-state index in [4.69, 9.17) is 9.47 Å². The van der Waals surface area contributed by atoms with Gasteiger partial charge in [0.05, 0.1) is 6.61 Å². The van der Waals surface area contributed by atoms with Gasteiger partial charge in [0, 0.05) is 24.8 Å². The lowest BCUT2D eigenvalue weighted by Crippen LogP contribution is -2.42. The van der Waals surface area contributed by atoms with Crippen LogP contribution in [0.1, 0.15) is 15.9 Å². The van der Waals surface area contributed by atoms with E-state index in [1.54, 1.807) is 48.5 Å². The standard InChI is InChI=1S/C19H20N2O5/c1-25-12-11-20-19(24)21-17(22)13-26-16-9-7-15(8-10-16)18(23)14-5-3-2-4-6-14/h2-10H,11-13H2,1H3,(H2,20,21,22,24). The van der Waals surface area contributed by atoms with Crippen molar-refractivity contribution in [3.8, 4) is 5.75 Å². The topological polar surface area (TPSA) is 93.7 Å². The van der Waals surface area contributed by atoms with Crippen molar-refractivity contribution in [1.29, 1.82) is 0 Å². The number of carbonyl (C=O) groups excluding carboxylic acids is 3. The van der Waals surface area contributed by atoms with Crippen molar-refractivity contribution in [3.63, 3.8) is 0 Å². The highest BCUT2D eigenvalue weighted by atomic mass is 16.5. The fourth-order valence-corrected chi connectivity index (χ4v) is 2.08. The summed E-state index contributed by atoms with van der Waals surface area (Å²) in [5.74, 6) is -0.253. The molecule has 0 saturated heterocycles. The first kappa shape index (κ1) is 19.1. The van der Waals surface area contributed by atoms with Gasteiger partial charge in [-0.05, 0) is 24.3 Å². The number of urea groups is 1. The number of nitrogens with one attached hydrogen (secondary N) is 2. The monoisotopic (exact) mass is 356 g/mol. The summed E-state index contributed by atoms with van der Waals surface area (Å²) in [7, 11) is 1.51. The molecule has 0 spiro atoms. The molecule has 7 nitrogen and oxygen atoms in total. The van der Waals surface area contributed by atoms with Crippen LogP contribution in [0.5, 0.6) is 5.75 Å². The maximum atomic E-state index is 12.3. The van der Waals surface area contributed by atoms with E-state index >= 15 is 0 Å². The van der Waals surface area contributed by atoms with Gasteiger partial charge in [-0.25, -0.2) is 4.79 Å². The second-order valence-corrected chi connectivity index (χ2v) is 5.31. The normalized spacial score (nSPS) is 10.0. The third-order valence-corrected chi connectivity index (χ3v) is 3.37. The number of benzene rings is 2. The minimum Gasteiger partial charge on any atom is -0.484 e. The van der Waals surface area contributed by atoms with Crippen molar-refractivity contribution in [2.24, 2.45) is 0 Å². The molecule has 26 heavy (non-hydrogen) atoms. The van der Waals surface area contributed by atoms with Crippen LogP contribution >= 0.6 is 0 Å². The maximum absolute atomic E-state index is 12.3. The average molecular weight is 356 g/mol. The van der Waals surface area contributed by atoms with Crippen LogP contribution in [0.2, 0.25) is 0 Å². The molecule has 0 aliphatic heterocycles. The van der Waals surface area contributed by atoms with Gasteiger partial charge in [0.15, 0.2) is 12.4 Å². The van der Waals surface area contributed by atoms with Gasteiger partial charge in [-0.3, -0.25) is 14.9 Å². The van der Waals surface area contributed by atoms with Gasteiger partial charge in [-0.2, -0.15) is 0 Å². The molecule has 0 heterocycles. The quantitative estimate of drug-likeness (QED) is 0.555. The largest absolute Gasteiger partial charge is 0.484 e. The van der Waals surface area contributed by atoms with Gasteiger partial charge >= 0.3 is 6.03 Å². The zero-order valence-electron chi connectivity index (χ0n) is 14.4. The molecule has 0 saturated carbocycles. The molecular weight excluding hydrogens is 336 g/mol. The molecule has 0 atom stereocenters. The van der Waals surface area contributed by atoms with Crippen molar-refractivity contribution < 1.29 is 23.9 Å². The van der Waals surface area contributed by atoms with Crippen molar-refractivity contribution in [3.05, 3.63) is 65.7 Å². The molecule has 2 N–H and O–H groups in total. The molecule has 7 heteroatoms. The minimum absolute atomic E-state index is 0.0948. The van der Waals surface area contributed by atoms with E-state index < -0.39 is 11.9 Å². The Morgan fingerprint density at radius 2 is 1.58 bits per heavy atom. The van der Waals surface area contributed by atoms with Crippen molar-refractivity contribution in [2.45, 2.75) is 0 Å². The number of hydrogen-bond acceptors (Lipinski definition) is 5. The fraction of sp³-hybridized carbons (Fsp3) is 0.211. The number of methoxy groups -OCH3 is 1. The number of ether oxygens (including phenoxy) is 2. The van der Waals surface area contributed by atoms with E-state index in [1.807, 2.05) is 6.07 Å². The molecule has 2 aromatic rings. The Morgan fingerprint density at radius 3 is 2.23 bits per heavy atom. The highest BCUT2D eigenvalue weighted by Crippen LogP contribution is 2.15. The zero-order valence-corrected chi connectivity index (χ0v) is 14.4. The summed E-state index contributed by atoms with van der Waals surface area (Å²) in [5.41, 5.74) is 1.12. The van der Waals surface area contributed by atoms with Gasteiger partial charge in [0.25, 0.3) is 5.91 Å². The molecule has 0 aromatic heterocycles. The molecule has 0 aliphatic rings. The number of rotatable bonds is 8. The Balaban J connectivity index is 1.81. The predicted octanol–water partition coefficient (Wildman–Crippen LogP) is 1.77. The summed E-state index contributed by atoms with van der Waals surface area (Å²) in [5, 5.41) is 4.60. The third kappa shape index (κ3) is 6.03. The van der Waals surface area contributed by atoms with Gasteiger partial charge in [0.1, 0.15) is 5.75 Å². The second-order valence-electron chi connectivity index (χ2n) is 5.31. The molecule has 0 radical (unpaired) electrons. The van der Waals surface area contributed by atoms with E-state index in [-0.39, 0.29) is 12.4 Å². The Hall–Kier alpha value is -3.19. The van der Waals surface area contributed by atoms with Crippen LogP contribution in [-0.2, 0) is 9.53 Å². The van der Waals surface area contributed by atoms with E-state index in [1.165, 1.54) is 7.11 Å². The first-order chi connectivity index (χ1) is 12.6. The SMILES string of the molecule is COCCNC(=O)NC(=O)COc1ccc(C(=O)c2ccccc2)cc1. The number of amides is 3. The molecule has 2 rings (SSSR count). The van der Waals surface area contributed by atoms with Crippen LogP contribution < -0.4 is 15.4 Å². The van der Waals surface area contributed by atoms with E-state index in [0.29, 0.717) is 30.0 Å². The van der Waals surface area contributed by atoms with E-state index in [2.05, 4.69) is 10.6 Å². The van der Waals surface area contributed by atoms with Gasteiger partial charge < -0.3 is 14.8 Å². The molecule has 3 amide bonds. The number of imide groups is 1. The van der Waals surface area contributed by atoms with Crippen molar-refractivity contribution in [1.82, 2.24) is 10.6 Å². The first-order valence-electron chi connectivity index (χ1n) is 7.99. The van der Waals surface area contributed by atoms with Crippen molar-refractivity contribution >= 4 is 17.7 Å². The number of ketones is 1. The summed E-state index contributed by atoms with van der Waals surface area (Å²) >= 11 is 0. The first-order valence-corrected chi connectivity index (χ1v) is 7.99. The third-order valence-electron chi connectivity index (χ3n) is 3.37. The highest BCUT2D eigenvalue weighted by molar-refractivity contribution is 6.09. The van der Waals surface area contributed by atoms with Gasteiger partial charge in [-0.1, -0.05) is 30.3 Å². The van der Waals surface area contributed by atoms with Crippen LogP contribution in [0, 0.1) is 0 Å². The lowest BCUT2D eigenvalue weighted by molar-refractivity contribution is -0.122. The molecule has 0 fully saturated rings. The molecule has 136 valence electrons.